The van der Waals surface area contributed by atoms with Crippen molar-refractivity contribution in [1.82, 2.24) is 14.5 Å². The van der Waals surface area contributed by atoms with Crippen LogP contribution in [0.3, 0.4) is 0 Å². The molecule has 0 radical (unpaired) electrons. The molecule has 0 bridgehead atoms. The van der Waals surface area contributed by atoms with Gasteiger partial charge in [0.25, 0.3) is 11.4 Å². The van der Waals surface area contributed by atoms with Gasteiger partial charge in [0.1, 0.15) is 18.1 Å². The molecular weight excluding hydrogens is 406 g/mol. The van der Waals surface area contributed by atoms with Crippen LogP contribution in [0, 0.1) is 0 Å². The van der Waals surface area contributed by atoms with Gasteiger partial charge in [-0.05, 0) is 48.1 Å². The molecule has 32 heavy (non-hydrogen) atoms. The van der Waals surface area contributed by atoms with Crippen LogP contribution >= 0.6 is 0 Å². The van der Waals surface area contributed by atoms with E-state index in [9.17, 15) is 4.79 Å². The van der Waals surface area contributed by atoms with Gasteiger partial charge in [-0.1, -0.05) is 24.3 Å². The zero-order valence-corrected chi connectivity index (χ0v) is 17.9. The summed E-state index contributed by atoms with van der Waals surface area (Å²) in [5.41, 5.74) is 2.95. The molecule has 7 heteroatoms. The van der Waals surface area contributed by atoms with Crippen molar-refractivity contribution in [1.29, 1.82) is 0 Å². The fraction of sp³-hybridized carbons (Fsp3) is 0.240. The first-order valence-corrected chi connectivity index (χ1v) is 10.5. The Morgan fingerprint density at radius 2 is 1.84 bits per heavy atom. The van der Waals surface area contributed by atoms with Gasteiger partial charge in [-0.2, -0.15) is 0 Å². The van der Waals surface area contributed by atoms with Crippen LogP contribution in [0.5, 0.6) is 23.1 Å². The van der Waals surface area contributed by atoms with E-state index in [0.717, 1.165) is 11.5 Å². The molecule has 1 aliphatic carbocycles. The van der Waals surface area contributed by atoms with Crippen molar-refractivity contribution in [2.75, 3.05) is 7.11 Å². The molecule has 0 unspecified atom stereocenters. The Morgan fingerprint density at radius 3 is 2.59 bits per heavy atom. The van der Waals surface area contributed by atoms with Gasteiger partial charge in [0.15, 0.2) is 5.75 Å². The van der Waals surface area contributed by atoms with Gasteiger partial charge >= 0.3 is 0 Å². The molecule has 5 rings (SSSR count). The normalized spacial score (nSPS) is 13.2. The predicted octanol–water partition coefficient (Wildman–Crippen LogP) is 4.59. The Morgan fingerprint density at radius 1 is 1.03 bits per heavy atom. The molecule has 2 aromatic carbocycles. The Bertz CT molecular complexity index is 1330. The summed E-state index contributed by atoms with van der Waals surface area (Å²) in [6.45, 7) is 0.398. The highest BCUT2D eigenvalue weighted by Crippen LogP contribution is 2.40. The molecule has 7 nitrogen and oxygen atoms in total. The van der Waals surface area contributed by atoms with Crippen LogP contribution in [-0.2, 0) is 13.7 Å². The molecular formula is C25H23N3O4. The highest BCUT2D eigenvalue weighted by atomic mass is 16.5. The summed E-state index contributed by atoms with van der Waals surface area (Å²) in [6, 6.07) is 15.4. The van der Waals surface area contributed by atoms with Crippen molar-refractivity contribution in [3.8, 4) is 23.1 Å². The van der Waals surface area contributed by atoms with Gasteiger partial charge in [-0.3, -0.25) is 4.79 Å². The highest BCUT2D eigenvalue weighted by molar-refractivity contribution is 5.79. The number of fused-ring (bicyclic) bond motifs is 1. The molecule has 1 saturated carbocycles. The van der Waals surface area contributed by atoms with Gasteiger partial charge in [0.2, 0.25) is 0 Å². The molecule has 1 fully saturated rings. The molecule has 2 aromatic heterocycles. The third-order valence-electron chi connectivity index (χ3n) is 5.54. The molecule has 0 saturated heterocycles. The van der Waals surface area contributed by atoms with Crippen LogP contribution in [0.1, 0.15) is 29.9 Å². The number of pyridine rings is 1. The summed E-state index contributed by atoms with van der Waals surface area (Å²) in [6.07, 6.45) is 5.65. The summed E-state index contributed by atoms with van der Waals surface area (Å²) >= 11 is 0. The molecule has 1 aliphatic rings. The van der Waals surface area contributed by atoms with Gasteiger partial charge in [-0.25, -0.2) is 9.97 Å². The lowest BCUT2D eigenvalue weighted by atomic mass is 10.1. The van der Waals surface area contributed by atoms with E-state index in [4.69, 9.17) is 14.2 Å². The van der Waals surface area contributed by atoms with E-state index < -0.39 is 0 Å². The fourth-order valence-electron chi connectivity index (χ4n) is 3.57. The quantitative estimate of drug-likeness (QED) is 0.428. The SMILES string of the molecule is COc1cc(Oc2ccc3ncn(C)c(=O)c3c2)cnc1OCc1ccc(C2CC2)cc1. The third kappa shape index (κ3) is 4.14. The molecule has 4 aromatic rings. The number of hydrogen-bond acceptors (Lipinski definition) is 6. The predicted molar refractivity (Wildman–Crippen MR) is 121 cm³/mol. The first-order chi connectivity index (χ1) is 15.6. The topological polar surface area (TPSA) is 75.5 Å². The van der Waals surface area contributed by atoms with Crippen LogP contribution in [0.25, 0.3) is 10.9 Å². The number of aryl methyl sites for hydroxylation is 1. The lowest BCUT2D eigenvalue weighted by molar-refractivity contribution is 0.271. The van der Waals surface area contributed by atoms with E-state index in [1.807, 2.05) is 0 Å². The average molecular weight is 429 g/mol. The van der Waals surface area contributed by atoms with E-state index in [0.29, 0.717) is 40.6 Å². The van der Waals surface area contributed by atoms with E-state index >= 15 is 0 Å². The number of hydrogen-bond donors (Lipinski definition) is 0. The number of nitrogens with zero attached hydrogens (tertiary/aromatic N) is 3. The number of methoxy groups -OCH3 is 1. The van der Waals surface area contributed by atoms with Crippen LogP contribution < -0.4 is 19.8 Å². The summed E-state index contributed by atoms with van der Waals surface area (Å²) < 4.78 is 18.7. The van der Waals surface area contributed by atoms with Gasteiger partial charge in [0, 0.05) is 13.1 Å². The van der Waals surface area contributed by atoms with Gasteiger partial charge in [-0.15, -0.1) is 0 Å². The summed E-state index contributed by atoms with van der Waals surface area (Å²) in [5, 5.41) is 0.486. The number of benzene rings is 2. The average Bonchev–Trinajstić information content (AvgIpc) is 3.67. The van der Waals surface area contributed by atoms with Crippen molar-refractivity contribution in [2.24, 2.45) is 7.05 Å². The van der Waals surface area contributed by atoms with Crippen molar-refractivity contribution in [2.45, 2.75) is 25.4 Å². The molecule has 0 amide bonds. The first kappa shape index (κ1) is 20.1. The lowest BCUT2D eigenvalue weighted by Crippen LogP contribution is -2.16. The largest absolute Gasteiger partial charge is 0.491 e. The third-order valence-corrected chi connectivity index (χ3v) is 5.54. The summed E-state index contributed by atoms with van der Waals surface area (Å²) in [5.74, 6) is 2.58. The molecule has 0 atom stereocenters. The van der Waals surface area contributed by atoms with E-state index in [1.54, 1.807) is 44.6 Å². The minimum Gasteiger partial charge on any atom is -0.491 e. The van der Waals surface area contributed by atoms with Crippen molar-refractivity contribution in [3.05, 3.63) is 82.5 Å². The fourth-order valence-corrected chi connectivity index (χ4v) is 3.57. The summed E-state index contributed by atoms with van der Waals surface area (Å²) in [4.78, 5) is 20.9. The zero-order valence-electron chi connectivity index (χ0n) is 17.9. The van der Waals surface area contributed by atoms with Crippen LogP contribution in [0.2, 0.25) is 0 Å². The molecule has 162 valence electrons. The maximum atomic E-state index is 12.3. The second kappa shape index (κ2) is 8.34. The Hall–Kier alpha value is -3.87. The van der Waals surface area contributed by atoms with Crippen LogP contribution in [0.4, 0.5) is 0 Å². The Balaban J connectivity index is 1.31. The van der Waals surface area contributed by atoms with E-state index in [1.165, 1.54) is 29.3 Å². The number of aromatic nitrogens is 3. The number of ether oxygens (including phenoxy) is 3. The van der Waals surface area contributed by atoms with Crippen molar-refractivity contribution >= 4 is 10.9 Å². The van der Waals surface area contributed by atoms with Crippen molar-refractivity contribution < 1.29 is 14.2 Å². The van der Waals surface area contributed by atoms with E-state index in [-0.39, 0.29) is 5.56 Å². The zero-order chi connectivity index (χ0) is 22.1. The second-order valence-electron chi connectivity index (χ2n) is 7.92. The lowest BCUT2D eigenvalue weighted by Gasteiger charge is -2.12. The van der Waals surface area contributed by atoms with Crippen LogP contribution in [-0.4, -0.2) is 21.6 Å². The van der Waals surface area contributed by atoms with Crippen LogP contribution in [0.15, 0.2) is 65.8 Å². The molecule has 0 N–H and O–H groups in total. The molecule has 2 heterocycles. The Labute approximate surface area is 185 Å². The van der Waals surface area contributed by atoms with Crippen molar-refractivity contribution in [3.63, 3.8) is 0 Å². The minimum absolute atomic E-state index is 0.134. The second-order valence-corrected chi connectivity index (χ2v) is 7.92. The highest BCUT2D eigenvalue weighted by Gasteiger charge is 2.23. The number of rotatable bonds is 7. The monoisotopic (exact) mass is 429 g/mol. The summed E-state index contributed by atoms with van der Waals surface area (Å²) in [7, 11) is 3.22. The van der Waals surface area contributed by atoms with Gasteiger partial charge in [0.05, 0.1) is 30.5 Å². The smallest absolute Gasteiger partial charge is 0.261 e. The van der Waals surface area contributed by atoms with Gasteiger partial charge < -0.3 is 18.8 Å². The minimum atomic E-state index is -0.134. The first-order valence-electron chi connectivity index (χ1n) is 10.5. The maximum Gasteiger partial charge on any atom is 0.261 e. The standard InChI is InChI=1S/C25H23N3O4/c1-28-15-27-22-10-9-19(11-21(22)25(28)29)32-20-12-23(30-2)24(26-13-20)31-14-16-3-5-17(6-4-16)18-7-8-18/h3-6,9-13,15,18H,7-8,14H2,1-2H3. The molecule has 0 aliphatic heterocycles. The molecule has 0 spiro atoms. The van der Waals surface area contributed by atoms with E-state index in [2.05, 4.69) is 34.2 Å². The maximum absolute atomic E-state index is 12.3. The Kier molecular flexibility index (Phi) is 5.23.